The molecule has 1 aliphatic heterocycles. The topological polar surface area (TPSA) is 116 Å². The molecule has 188 valence electrons. The Morgan fingerprint density at radius 2 is 1.51 bits per heavy atom. The number of amides is 1. The van der Waals surface area contributed by atoms with Gasteiger partial charge in [-0.15, -0.1) is 0 Å². The lowest BCUT2D eigenvalue weighted by atomic mass is 10.1. The molecule has 0 saturated carbocycles. The van der Waals surface area contributed by atoms with Crippen molar-refractivity contribution in [2.24, 2.45) is 0 Å². The van der Waals surface area contributed by atoms with Gasteiger partial charge < -0.3 is 20.3 Å². The number of carboxylic acid groups (broad SMARTS) is 2. The van der Waals surface area contributed by atoms with Gasteiger partial charge in [-0.25, -0.2) is 9.59 Å². The van der Waals surface area contributed by atoms with Crippen LogP contribution in [0.15, 0.2) is 48.6 Å². The van der Waals surface area contributed by atoms with E-state index in [1.54, 1.807) is 0 Å². The van der Waals surface area contributed by atoms with Crippen LogP contribution in [-0.2, 0) is 20.8 Å². The molecule has 1 fully saturated rings. The van der Waals surface area contributed by atoms with Gasteiger partial charge in [0.2, 0.25) is 5.91 Å². The zero-order valence-electron chi connectivity index (χ0n) is 20.5. The van der Waals surface area contributed by atoms with Crippen molar-refractivity contribution in [1.29, 1.82) is 0 Å². The second-order valence-electron chi connectivity index (χ2n) is 8.50. The van der Waals surface area contributed by atoms with Crippen molar-refractivity contribution in [3.63, 3.8) is 0 Å². The van der Waals surface area contributed by atoms with E-state index < -0.39 is 11.9 Å². The van der Waals surface area contributed by atoms with E-state index in [4.69, 9.17) is 14.9 Å². The van der Waals surface area contributed by atoms with Gasteiger partial charge in [-0.3, -0.25) is 9.69 Å². The molecule has 3 N–H and O–H groups in total. The first-order valence-corrected chi connectivity index (χ1v) is 11.6. The summed E-state index contributed by atoms with van der Waals surface area (Å²) in [6.07, 6.45) is 4.10. The molecule has 0 bridgehead atoms. The van der Waals surface area contributed by atoms with Crippen LogP contribution in [0.1, 0.15) is 35.1 Å². The molecule has 2 aromatic rings. The SMILES string of the molecule is Cc1ccccc1CC(=O)Nc1cc(C)c(OCCN2CCCC2)c(C)c1.O=C(O)C=CC(=O)O. The van der Waals surface area contributed by atoms with Crippen molar-refractivity contribution >= 4 is 23.5 Å². The Balaban J connectivity index is 0.000000466. The Kier molecular flexibility index (Phi) is 11.0. The summed E-state index contributed by atoms with van der Waals surface area (Å²) in [5, 5.41) is 18.6. The van der Waals surface area contributed by atoms with Crippen LogP contribution in [0.4, 0.5) is 5.69 Å². The number of hydrogen-bond donors (Lipinski definition) is 3. The quantitative estimate of drug-likeness (QED) is 0.463. The second kappa shape index (κ2) is 13.9. The first kappa shape index (κ1) is 27.6. The van der Waals surface area contributed by atoms with Gasteiger partial charge in [0.15, 0.2) is 0 Å². The first-order valence-electron chi connectivity index (χ1n) is 11.6. The molecule has 3 rings (SSSR count). The normalized spacial score (nSPS) is 13.2. The number of likely N-dealkylation sites (tertiary alicyclic amines) is 1. The van der Waals surface area contributed by atoms with Crippen LogP contribution in [0, 0.1) is 20.8 Å². The first-order chi connectivity index (χ1) is 16.7. The van der Waals surface area contributed by atoms with Crippen molar-refractivity contribution in [2.45, 2.75) is 40.0 Å². The van der Waals surface area contributed by atoms with Gasteiger partial charge in [0.25, 0.3) is 0 Å². The van der Waals surface area contributed by atoms with E-state index in [0.717, 1.165) is 40.2 Å². The number of carbonyl (C=O) groups excluding carboxylic acids is 1. The van der Waals surface area contributed by atoms with Gasteiger partial charge in [0, 0.05) is 24.4 Å². The molecule has 8 heteroatoms. The van der Waals surface area contributed by atoms with Crippen molar-refractivity contribution in [1.82, 2.24) is 4.90 Å². The molecule has 0 aliphatic carbocycles. The van der Waals surface area contributed by atoms with E-state index >= 15 is 0 Å². The van der Waals surface area contributed by atoms with E-state index in [1.807, 2.05) is 57.2 Å². The smallest absolute Gasteiger partial charge is 0.328 e. The molecule has 0 unspecified atom stereocenters. The lowest BCUT2D eigenvalue weighted by Gasteiger charge is -2.18. The van der Waals surface area contributed by atoms with Crippen LogP contribution in [0.3, 0.4) is 0 Å². The maximum atomic E-state index is 12.4. The summed E-state index contributed by atoms with van der Waals surface area (Å²) in [7, 11) is 0. The van der Waals surface area contributed by atoms with Crippen molar-refractivity contribution in [2.75, 3.05) is 31.6 Å². The number of aryl methyl sites for hydroxylation is 3. The van der Waals surface area contributed by atoms with Gasteiger partial charge in [-0.2, -0.15) is 0 Å². The minimum atomic E-state index is -1.26. The largest absolute Gasteiger partial charge is 0.492 e. The number of hydrogen-bond acceptors (Lipinski definition) is 5. The maximum absolute atomic E-state index is 12.4. The van der Waals surface area contributed by atoms with E-state index in [1.165, 1.54) is 25.9 Å². The molecule has 1 aliphatic rings. The fourth-order valence-electron chi connectivity index (χ4n) is 3.86. The number of aliphatic carboxylic acids is 2. The summed E-state index contributed by atoms with van der Waals surface area (Å²) in [4.78, 5) is 34.0. The Bertz CT molecular complexity index is 1020. The average molecular weight is 483 g/mol. The molecule has 0 atom stereocenters. The van der Waals surface area contributed by atoms with Crippen LogP contribution in [0.5, 0.6) is 5.75 Å². The molecule has 8 nitrogen and oxygen atoms in total. The van der Waals surface area contributed by atoms with E-state index in [0.29, 0.717) is 25.2 Å². The summed E-state index contributed by atoms with van der Waals surface area (Å²) < 4.78 is 6.05. The zero-order valence-corrected chi connectivity index (χ0v) is 20.5. The Morgan fingerprint density at radius 3 is 2.06 bits per heavy atom. The molecule has 1 saturated heterocycles. The molecule has 0 radical (unpaired) electrons. The van der Waals surface area contributed by atoms with E-state index in [9.17, 15) is 14.4 Å². The van der Waals surface area contributed by atoms with Crippen molar-refractivity contribution in [3.8, 4) is 5.75 Å². The Labute approximate surface area is 206 Å². The molecular formula is C27H34N2O6. The predicted molar refractivity (Wildman–Crippen MR) is 135 cm³/mol. The third kappa shape index (κ3) is 10.0. The molecule has 1 amide bonds. The number of carbonyl (C=O) groups is 3. The highest BCUT2D eigenvalue weighted by Gasteiger charge is 2.13. The number of nitrogens with one attached hydrogen (secondary N) is 1. The fourth-order valence-corrected chi connectivity index (χ4v) is 3.86. The lowest BCUT2D eigenvalue weighted by Crippen LogP contribution is -2.25. The van der Waals surface area contributed by atoms with Crippen LogP contribution in [0.2, 0.25) is 0 Å². The average Bonchev–Trinajstić information content (AvgIpc) is 3.30. The lowest BCUT2D eigenvalue weighted by molar-refractivity contribution is -0.134. The van der Waals surface area contributed by atoms with Gasteiger partial charge in [-0.05, 0) is 81.1 Å². The number of benzene rings is 2. The van der Waals surface area contributed by atoms with Crippen LogP contribution < -0.4 is 10.1 Å². The Morgan fingerprint density at radius 1 is 0.943 bits per heavy atom. The molecule has 0 spiro atoms. The molecule has 35 heavy (non-hydrogen) atoms. The highest BCUT2D eigenvalue weighted by Crippen LogP contribution is 2.27. The molecule has 0 aromatic heterocycles. The zero-order chi connectivity index (χ0) is 25.8. The van der Waals surface area contributed by atoms with E-state index in [-0.39, 0.29) is 5.91 Å². The van der Waals surface area contributed by atoms with Crippen LogP contribution in [-0.4, -0.2) is 59.2 Å². The van der Waals surface area contributed by atoms with Crippen molar-refractivity contribution < 1.29 is 29.3 Å². The summed E-state index contributed by atoms with van der Waals surface area (Å²) in [5.41, 5.74) is 5.15. The molecule has 1 heterocycles. The van der Waals surface area contributed by atoms with E-state index in [2.05, 4.69) is 10.2 Å². The summed E-state index contributed by atoms with van der Waals surface area (Å²) in [6.45, 7) is 10.2. The van der Waals surface area contributed by atoms with Gasteiger partial charge in [0.05, 0.1) is 6.42 Å². The van der Waals surface area contributed by atoms with Gasteiger partial charge in [-0.1, -0.05) is 24.3 Å². The third-order valence-corrected chi connectivity index (χ3v) is 5.58. The standard InChI is InChI=1S/C23H30N2O2.C4H4O4/c1-17-8-4-5-9-20(17)16-22(26)24-21-14-18(2)23(19(3)15-21)27-13-12-25-10-6-7-11-25;5-3(6)1-2-4(7)8/h4-5,8-9,14-15H,6-7,10-13,16H2,1-3H3,(H,24,26);1-2H,(H,5,6)(H,7,8). The number of carboxylic acids is 2. The minimum Gasteiger partial charge on any atom is -0.492 e. The summed E-state index contributed by atoms with van der Waals surface area (Å²) >= 11 is 0. The number of rotatable bonds is 9. The summed E-state index contributed by atoms with van der Waals surface area (Å²) in [5.74, 6) is -1.57. The summed E-state index contributed by atoms with van der Waals surface area (Å²) in [6, 6.07) is 12.0. The highest BCUT2D eigenvalue weighted by atomic mass is 16.5. The number of ether oxygens (including phenoxy) is 1. The maximum Gasteiger partial charge on any atom is 0.328 e. The van der Waals surface area contributed by atoms with Gasteiger partial charge >= 0.3 is 11.9 Å². The molecular weight excluding hydrogens is 448 g/mol. The third-order valence-electron chi connectivity index (χ3n) is 5.58. The van der Waals surface area contributed by atoms with Crippen LogP contribution >= 0.6 is 0 Å². The van der Waals surface area contributed by atoms with Gasteiger partial charge in [0.1, 0.15) is 12.4 Å². The van der Waals surface area contributed by atoms with Crippen LogP contribution in [0.25, 0.3) is 0 Å². The number of anilines is 1. The predicted octanol–water partition coefficient (Wildman–Crippen LogP) is 3.98. The van der Waals surface area contributed by atoms with Crippen molar-refractivity contribution in [3.05, 3.63) is 70.8 Å². The minimum absolute atomic E-state index is 0.00537. The fraction of sp³-hybridized carbons (Fsp3) is 0.370. The Hall–Kier alpha value is -3.65. The number of nitrogens with zero attached hydrogens (tertiary/aromatic N) is 1. The monoisotopic (exact) mass is 482 g/mol. The highest BCUT2D eigenvalue weighted by molar-refractivity contribution is 5.92. The second-order valence-corrected chi connectivity index (χ2v) is 8.50. The molecule has 2 aromatic carbocycles.